The van der Waals surface area contributed by atoms with Crippen molar-refractivity contribution in [3.05, 3.63) is 77.2 Å². The number of aliphatic hydroxyl groups is 1. The van der Waals surface area contributed by atoms with Gasteiger partial charge < -0.3 is 10.1 Å². The van der Waals surface area contributed by atoms with Crippen molar-refractivity contribution in [1.82, 2.24) is 14.3 Å². The Kier molecular flexibility index (Phi) is 5.31. The van der Waals surface area contributed by atoms with E-state index in [4.69, 9.17) is 5.11 Å². The molecule has 2 aromatic heterocycles. The van der Waals surface area contributed by atoms with Crippen molar-refractivity contribution >= 4 is 15.8 Å². The highest BCUT2D eigenvalue weighted by atomic mass is 32.2. The fraction of sp³-hybridized carbons (Fsp3) is 0.238. The quantitative estimate of drug-likeness (QED) is 0.646. The Bertz CT molecular complexity index is 1130. The van der Waals surface area contributed by atoms with Gasteiger partial charge in [-0.25, -0.2) is 8.42 Å². The summed E-state index contributed by atoms with van der Waals surface area (Å²) < 4.78 is 25.9. The molecule has 0 saturated carbocycles. The Labute approximate surface area is 169 Å². The van der Waals surface area contributed by atoms with Crippen molar-refractivity contribution in [2.75, 3.05) is 18.9 Å². The second kappa shape index (κ2) is 7.90. The number of benzene rings is 1. The maximum absolute atomic E-state index is 13.0. The van der Waals surface area contributed by atoms with Crippen molar-refractivity contribution in [2.24, 2.45) is 0 Å². The van der Waals surface area contributed by atoms with Crippen LogP contribution in [0.4, 0.5) is 0 Å². The van der Waals surface area contributed by atoms with Gasteiger partial charge in [0.1, 0.15) is 0 Å². The van der Waals surface area contributed by atoms with Crippen LogP contribution in [0.5, 0.6) is 0 Å². The number of carbonyl (C=O) groups is 1. The van der Waals surface area contributed by atoms with Crippen LogP contribution in [0.2, 0.25) is 0 Å². The topological polar surface area (TPSA) is 103 Å². The number of pyridine rings is 1. The number of aromatic nitrogens is 2. The third-order valence-electron chi connectivity index (χ3n) is 5.05. The lowest BCUT2D eigenvalue weighted by Crippen LogP contribution is -2.41. The second-order valence-corrected chi connectivity index (χ2v) is 9.05. The molecule has 1 aliphatic heterocycles. The van der Waals surface area contributed by atoms with Crippen molar-refractivity contribution in [2.45, 2.75) is 13.0 Å². The molecule has 7 nitrogen and oxygen atoms in total. The van der Waals surface area contributed by atoms with E-state index in [2.05, 4.69) is 9.97 Å². The van der Waals surface area contributed by atoms with Crippen LogP contribution < -0.4 is 0 Å². The van der Waals surface area contributed by atoms with Gasteiger partial charge in [-0.3, -0.25) is 9.78 Å². The number of fused-ring (bicyclic) bond motifs is 1. The Morgan fingerprint density at radius 2 is 1.79 bits per heavy atom. The number of nitrogens with one attached hydrogen (secondary N) is 1. The minimum atomic E-state index is -3.70. The van der Waals surface area contributed by atoms with Crippen LogP contribution in [0, 0.1) is 0 Å². The summed E-state index contributed by atoms with van der Waals surface area (Å²) in [7, 11) is -3.70. The summed E-state index contributed by atoms with van der Waals surface area (Å²) in [6.45, 7) is -0.618. The van der Waals surface area contributed by atoms with Gasteiger partial charge in [-0.1, -0.05) is 30.3 Å². The van der Waals surface area contributed by atoms with E-state index in [9.17, 15) is 13.2 Å². The number of sulfonamides is 1. The summed E-state index contributed by atoms with van der Waals surface area (Å²) in [5.41, 5.74) is 4.76. The third kappa shape index (κ3) is 3.87. The van der Waals surface area contributed by atoms with E-state index < -0.39 is 22.4 Å². The minimum Gasteiger partial charge on any atom is -0.395 e. The predicted molar refractivity (Wildman–Crippen MR) is 109 cm³/mol. The van der Waals surface area contributed by atoms with Crippen LogP contribution in [-0.4, -0.2) is 52.5 Å². The number of hydrogen-bond acceptors (Lipinski definition) is 5. The number of nitrogens with zero attached hydrogens (tertiary/aromatic N) is 2. The van der Waals surface area contributed by atoms with Crippen LogP contribution in [0.25, 0.3) is 11.3 Å². The van der Waals surface area contributed by atoms with E-state index in [1.807, 2.05) is 42.5 Å². The number of ketones is 1. The van der Waals surface area contributed by atoms with Crippen LogP contribution in [-0.2, 0) is 23.0 Å². The molecule has 2 N–H and O–H groups in total. The molecule has 0 saturated heterocycles. The van der Waals surface area contributed by atoms with Gasteiger partial charge >= 0.3 is 0 Å². The Morgan fingerprint density at radius 3 is 2.48 bits per heavy atom. The average Bonchev–Trinajstić information content (AvgIpc) is 3.08. The fourth-order valence-corrected chi connectivity index (χ4v) is 4.83. The molecule has 3 heterocycles. The predicted octanol–water partition coefficient (Wildman–Crippen LogP) is 1.99. The van der Waals surface area contributed by atoms with Gasteiger partial charge in [-0.2, -0.15) is 4.31 Å². The molecule has 0 radical (unpaired) electrons. The zero-order valence-corrected chi connectivity index (χ0v) is 16.5. The number of H-pyrrole nitrogens is 1. The van der Waals surface area contributed by atoms with E-state index in [1.165, 1.54) is 0 Å². The molecule has 0 aliphatic carbocycles. The van der Waals surface area contributed by atoms with E-state index in [-0.39, 0.29) is 18.9 Å². The molecule has 29 heavy (non-hydrogen) atoms. The summed E-state index contributed by atoms with van der Waals surface area (Å²) in [6, 6.07) is 13.6. The first-order chi connectivity index (χ1) is 14.0. The number of aromatic amines is 1. The zero-order valence-electron chi connectivity index (χ0n) is 15.7. The third-order valence-corrected chi connectivity index (χ3v) is 6.79. The number of aliphatic hydroxyl groups excluding tert-OH is 1. The molecule has 0 fully saturated rings. The summed E-state index contributed by atoms with van der Waals surface area (Å²) in [5, 5.41) is 9.05. The molecule has 1 aromatic carbocycles. The highest BCUT2D eigenvalue weighted by molar-refractivity contribution is 7.89. The number of hydrogen-bond donors (Lipinski definition) is 2. The normalized spacial score (nSPS) is 14.7. The highest BCUT2D eigenvalue weighted by Gasteiger charge is 2.35. The smallest absolute Gasteiger partial charge is 0.217 e. The van der Waals surface area contributed by atoms with Crippen LogP contribution >= 0.6 is 0 Å². The second-order valence-electron chi connectivity index (χ2n) is 6.96. The van der Waals surface area contributed by atoms with Gasteiger partial charge in [0.25, 0.3) is 0 Å². The van der Waals surface area contributed by atoms with Gasteiger partial charge in [0, 0.05) is 35.6 Å². The SMILES string of the molecule is O=C1CN(S(=O)(=O)CCO)Cc2[nH]c(-c3ccncc3)c(Cc3ccccc3)c21. The summed E-state index contributed by atoms with van der Waals surface area (Å²) in [5.74, 6) is -0.639. The minimum absolute atomic E-state index is 0.0796. The first-order valence-corrected chi connectivity index (χ1v) is 10.9. The van der Waals surface area contributed by atoms with Gasteiger partial charge in [-0.05, 0) is 23.3 Å². The van der Waals surface area contributed by atoms with Crippen molar-refractivity contribution in [1.29, 1.82) is 0 Å². The van der Waals surface area contributed by atoms with Gasteiger partial charge in [0.05, 0.1) is 31.1 Å². The van der Waals surface area contributed by atoms with E-state index in [0.717, 1.165) is 26.7 Å². The monoisotopic (exact) mass is 411 g/mol. The van der Waals surface area contributed by atoms with Gasteiger partial charge in [0.15, 0.2) is 5.78 Å². The molecular formula is C21H21N3O4S. The molecule has 3 aromatic rings. The number of Topliss-reactive ketones (excluding diaryl/α,β-unsaturated/α-hetero) is 1. The summed E-state index contributed by atoms with van der Waals surface area (Å²) in [6.07, 6.45) is 3.92. The molecule has 0 spiro atoms. The Hall–Kier alpha value is -2.81. The van der Waals surface area contributed by atoms with Crippen molar-refractivity contribution < 1.29 is 18.3 Å². The fourth-order valence-electron chi connectivity index (χ4n) is 3.71. The molecule has 150 valence electrons. The molecule has 8 heteroatoms. The van der Waals surface area contributed by atoms with Gasteiger partial charge in [-0.15, -0.1) is 0 Å². The molecule has 0 bridgehead atoms. The lowest BCUT2D eigenvalue weighted by atomic mass is 9.94. The maximum atomic E-state index is 13.0. The lowest BCUT2D eigenvalue weighted by molar-refractivity contribution is 0.0948. The molecule has 0 amide bonds. The molecule has 1 aliphatic rings. The number of carbonyl (C=O) groups excluding carboxylic acids is 1. The van der Waals surface area contributed by atoms with E-state index >= 15 is 0 Å². The standard InChI is InChI=1S/C21H21N3O4S/c25-10-11-29(27,28)24-13-18-20(19(26)14-24)17(12-15-4-2-1-3-5-15)21(23-18)16-6-8-22-9-7-16/h1-9,23,25H,10-14H2. The van der Waals surface area contributed by atoms with Crippen LogP contribution in [0.3, 0.4) is 0 Å². The molecule has 0 atom stereocenters. The molecule has 0 unspecified atom stereocenters. The summed E-state index contributed by atoms with van der Waals surface area (Å²) in [4.78, 5) is 20.4. The highest BCUT2D eigenvalue weighted by Crippen LogP contribution is 2.34. The maximum Gasteiger partial charge on any atom is 0.217 e. The largest absolute Gasteiger partial charge is 0.395 e. The first-order valence-electron chi connectivity index (χ1n) is 9.29. The van der Waals surface area contributed by atoms with Crippen molar-refractivity contribution in [3.63, 3.8) is 0 Å². The Morgan fingerprint density at radius 1 is 1.07 bits per heavy atom. The Balaban J connectivity index is 1.81. The van der Waals surface area contributed by atoms with Crippen LogP contribution in [0.1, 0.15) is 27.2 Å². The number of rotatable bonds is 6. The summed E-state index contributed by atoms with van der Waals surface area (Å²) >= 11 is 0. The van der Waals surface area contributed by atoms with Gasteiger partial charge in [0.2, 0.25) is 10.0 Å². The van der Waals surface area contributed by atoms with Crippen molar-refractivity contribution in [3.8, 4) is 11.3 Å². The first kappa shape index (κ1) is 19.5. The van der Waals surface area contributed by atoms with Crippen LogP contribution in [0.15, 0.2) is 54.9 Å². The van der Waals surface area contributed by atoms with E-state index in [1.54, 1.807) is 12.4 Å². The van der Waals surface area contributed by atoms with E-state index in [0.29, 0.717) is 17.7 Å². The molecular weight excluding hydrogens is 390 g/mol. The lowest BCUT2D eigenvalue weighted by Gasteiger charge is -2.25. The molecule has 4 rings (SSSR count). The zero-order chi connectivity index (χ0) is 20.4. The average molecular weight is 411 g/mol.